The summed E-state index contributed by atoms with van der Waals surface area (Å²) in [7, 11) is 0. The second-order valence-corrected chi connectivity index (χ2v) is 2.97. The summed E-state index contributed by atoms with van der Waals surface area (Å²) in [5, 5.41) is 8.91. The molecule has 13 heavy (non-hydrogen) atoms. The van der Waals surface area contributed by atoms with Crippen LogP contribution in [0.15, 0.2) is 6.07 Å². The lowest BCUT2D eigenvalue weighted by molar-refractivity contribution is 0.0990. The SMILES string of the molecule is O=C1CCc2c(F)cc(O)c(F)c21. The quantitative estimate of drug-likeness (QED) is 0.667. The van der Waals surface area contributed by atoms with Crippen molar-refractivity contribution in [1.29, 1.82) is 0 Å². The van der Waals surface area contributed by atoms with Gasteiger partial charge in [-0.3, -0.25) is 4.79 Å². The molecule has 68 valence electrons. The van der Waals surface area contributed by atoms with Crippen molar-refractivity contribution in [3.8, 4) is 5.75 Å². The fraction of sp³-hybridized carbons (Fsp3) is 0.222. The monoisotopic (exact) mass is 184 g/mol. The molecule has 0 amide bonds. The van der Waals surface area contributed by atoms with E-state index in [1.807, 2.05) is 0 Å². The summed E-state index contributed by atoms with van der Waals surface area (Å²) in [5.41, 5.74) is -0.196. The molecule has 0 heterocycles. The third kappa shape index (κ3) is 1.02. The number of carbonyl (C=O) groups excluding carboxylic acids is 1. The van der Waals surface area contributed by atoms with Crippen molar-refractivity contribution in [3.63, 3.8) is 0 Å². The summed E-state index contributed by atoms with van der Waals surface area (Å²) in [4.78, 5) is 11.1. The Labute approximate surface area is 72.8 Å². The first kappa shape index (κ1) is 8.16. The molecule has 0 saturated heterocycles. The van der Waals surface area contributed by atoms with Crippen molar-refractivity contribution in [3.05, 3.63) is 28.8 Å². The van der Waals surface area contributed by atoms with Crippen LogP contribution < -0.4 is 0 Å². The van der Waals surface area contributed by atoms with Gasteiger partial charge in [-0.2, -0.15) is 0 Å². The van der Waals surface area contributed by atoms with Gasteiger partial charge in [0.15, 0.2) is 17.3 Å². The van der Waals surface area contributed by atoms with Gasteiger partial charge >= 0.3 is 0 Å². The lowest BCUT2D eigenvalue weighted by Crippen LogP contribution is -1.98. The second kappa shape index (κ2) is 2.52. The number of phenols is 1. The van der Waals surface area contributed by atoms with Crippen LogP contribution in [0.1, 0.15) is 22.3 Å². The molecule has 0 aromatic heterocycles. The first-order valence-electron chi connectivity index (χ1n) is 3.84. The number of fused-ring (bicyclic) bond motifs is 1. The molecule has 2 rings (SSSR count). The lowest BCUT2D eigenvalue weighted by atomic mass is 10.1. The molecular formula is C9H6F2O2. The minimum atomic E-state index is -1.00. The van der Waals surface area contributed by atoms with E-state index in [9.17, 15) is 13.6 Å². The minimum absolute atomic E-state index is 0.0836. The number of hydrogen-bond donors (Lipinski definition) is 1. The highest BCUT2D eigenvalue weighted by Gasteiger charge is 2.28. The summed E-state index contributed by atoms with van der Waals surface area (Å²) in [6.45, 7) is 0. The number of Topliss-reactive ketones (excluding diaryl/α,β-unsaturated/α-hetero) is 1. The van der Waals surface area contributed by atoms with E-state index < -0.39 is 23.2 Å². The molecule has 0 atom stereocenters. The molecule has 0 radical (unpaired) electrons. The molecule has 2 nitrogen and oxygen atoms in total. The van der Waals surface area contributed by atoms with Crippen molar-refractivity contribution in [2.75, 3.05) is 0 Å². The van der Waals surface area contributed by atoms with E-state index in [1.165, 1.54) is 0 Å². The summed E-state index contributed by atoms with van der Waals surface area (Å²) < 4.78 is 26.1. The Hall–Kier alpha value is -1.45. The molecule has 1 N–H and O–H groups in total. The molecule has 1 aromatic rings. The number of aromatic hydroxyl groups is 1. The number of hydrogen-bond acceptors (Lipinski definition) is 2. The van der Waals surface area contributed by atoms with Gasteiger partial charge in [-0.25, -0.2) is 8.78 Å². The van der Waals surface area contributed by atoms with Gasteiger partial charge in [-0.05, 0) is 6.42 Å². The maximum absolute atomic E-state index is 13.1. The molecular weight excluding hydrogens is 178 g/mol. The van der Waals surface area contributed by atoms with Crippen LogP contribution in [-0.4, -0.2) is 10.9 Å². The molecule has 1 aliphatic carbocycles. The number of rotatable bonds is 0. The molecule has 0 saturated carbocycles. The van der Waals surface area contributed by atoms with Gasteiger partial charge in [0.2, 0.25) is 0 Å². The molecule has 0 bridgehead atoms. The average molecular weight is 184 g/mol. The first-order valence-corrected chi connectivity index (χ1v) is 3.84. The van der Waals surface area contributed by atoms with E-state index in [4.69, 9.17) is 5.11 Å². The Bertz CT molecular complexity index is 399. The number of halogens is 2. The zero-order valence-corrected chi connectivity index (χ0v) is 6.60. The fourth-order valence-electron chi connectivity index (χ4n) is 1.55. The van der Waals surface area contributed by atoms with E-state index in [0.717, 1.165) is 0 Å². The van der Waals surface area contributed by atoms with Crippen molar-refractivity contribution in [1.82, 2.24) is 0 Å². The van der Waals surface area contributed by atoms with Crippen molar-refractivity contribution >= 4 is 5.78 Å². The largest absolute Gasteiger partial charge is 0.505 e. The van der Waals surface area contributed by atoms with Crippen molar-refractivity contribution in [2.45, 2.75) is 12.8 Å². The highest BCUT2D eigenvalue weighted by molar-refractivity contribution is 6.01. The normalized spacial score (nSPS) is 14.8. The average Bonchev–Trinajstić information content (AvgIpc) is 2.44. The molecule has 0 fully saturated rings. The van der Waals surface area contributed by atoms with Crippen LogP contribution in [0, 0.1) is 11.6 Å². The summed E-state index contributed by atoms with van der Waals surface area (Å²) in [6.07, 6.45) is 0.337. The van der Waals surface area contributed by atoms with Crippen LogP contribution in [-0.2, 0) is 6.42 Å². The van der Waals surface area contributed by atoms with Crippen LogP contribution in [0.2, 0.25) is 0 Å². The predicted octanol–water partition coefficient (Wildman–Crippen LogP) is 1.80. The molecule has 0 unspecified atom stereocenters. The van der Waals surface area contributed by atoms with Gasteiger partial charge in [-0.15, -0.1) is 0 Å². The molecule has 0 spiro atoms. The van der Waals surface area contributed by atoms with Gasteiger partial charge in [0.05, 0.1) is 5.56 Å². The lowest BCUT2D eigenvalue weighted by Gasteiger charge is -2.02. The van der Waals surface area contributed by atoms with Crippen LogP contribution >= 0.6 is 0 Å². The third-order valence-corrected chi connectivity index (χ3v) is 2.18. The van der Waals surface area contributed by atoms with Crippen LogP contribution in [0.3, 0.4) is 0 Å². The van der Waals surface area contributed by atoms with Crippen LogP contribution in [0.4, 0.5) is 8.78 Å². The maximum Gasteiger partial charge on any atom is 0.176 e. The molecule has 1 aliphatic rings. The van der Waals surface area contributed by atoms with Gasteiger partial charge in [0, 0.05) is 18.1 Å². The molecule has 4 heteroatoms. The van der Waals surface area contributed by atoms with Crippen molar-refractivity contribution < 1.29 is 18.7 Å². The Kier molecular flexibility index (Phi) is 1.58. The highest BCUT2D eigenvalue weighted by atomic mass is 19.1. The van der Waals surface area contributed by atoms with E-state index in [2.05, 4.69) is 0 Å². The number of ketones is 1. The van der Waals surface area contributed by atoms with E-state index >= 15 is 0 Å². The fourth-order valence-corrected chi connectivity index (χ4v) is 1.55. The van der Waals surface area contributed by atoms with E-state index in [1.54, 1.807) is 0 Å². The second-order valence-electron chi connectivity index (χ2n) is 2.97. The van der Waals surface area contributed by atoms with Gasteiger partial charge in [0.25, 0.3) is 0 Å². The Morgan fingerprint density at radius 2 is 2.00 bits per heavy atom. The summed E-state index contributed by atoms with van der Waals surface area (Å²) >= 11 is 0. The predicted molar refractivity (Wildman–Crippen MR) is 40.7 cm³/mol. The van der Waals surface area contributed by atoms with Crippen LogP contribution in [0.5, 0.6) is 5.75 Å². The summed E-state index contributed by atoms with van der Waals surface area (Å²) in [5.74, 6) is -2.95. The zero-order chi connectivity index (χ0) is 9.59. The third-order valence-electron chi connectivity index (χ3n) is 2.18. The number of carbonyl (C=O) groups is 1. The Morgan fingerprint density at radius 3 is 2.69 bits per heavy atom. The van der Waals surface area contributed by atoms with E-state index in [-0.39, 0.29) is 24.0 Å². The molecule has 0 aliphatic heterocycles. The number of benzene rings is 1. The maximum atomic E-state index is 13.1. The Morgan fingerprint density at radius 1 is 1.31 bits per heavy atom. The Balaban J connectivity index is 2.77. The molecule has 1 aromatic carbocycles. The van der Waals surface area contributed by atoms with Crippen molar-refractivity contribution in [2.24, 2.45) is 0 Å². The number of phenolic OH excluding ortho intramolecular Hbond substituents is 1. The van der Waals surface area contributed by atoms with E-state index in [0.29, 0.717) is 6.07 Å². The smallest absolute Gasteiger partial charge is 0.176 e. The first-order chi connectivity index (χ1) is 6.11. The van der Waals surface area contributed by atoms with Gasteiger partial charge in [-0.1, -0.05) is 0 Å². The highest BCUT2D eigenvalue weighted by Crippen LogP contribution is 2.31. The summed E-state index contributed by atoms with van der Waals surface area (Å²) in [6, 6.07) is 0.701. The topological polar surface area (TPSA) is 37.3 Å². The van der Waals surface area contributed by atoms with Gasteiger partial charge < -0.3 is 5.11 Å². The van der Waals surface area contributed by atoms with Gasteiger partial charge in [0.1, 0.15) is 5.82 Å². The zero-order valence-electron chi connectivity index (χ0n) is 6.60. The van der Waals surface area contributed by atoms with Crippen LogP contribution in [0.25, 0.3) is 0 Å². The standard InChI is InChI=1S/C9H6F2O2/c10-5-3-7(13)9(11)8-4(5)1-2-6(8)12/h3,13H,1-2H2. The minimum Gasteiger partial charge on any atom is -0.505 e.